The number of ether oxygens (including phenoxy) is 1. The van der Waals surface area contributed by atoms with Gasteiger partial charge in [0.15, 0.2) is 5.43 Å². The first-order chi connectivity index (χ1) is 12.5. The first-order valence-electron chi connectivity index (χ1n) is 8.94. The fourth-order valence-electron chi connectivity index (χ4n) is 3.79. The molecule has 5 heteroatoms. The molecule has 0 bridgehead atoms. The van der Waals surface area contributed by atoms with Gasteiger partial charge in [0.25, 0.3) is 0 Å². The minimum atomic E-state index is -0.0000772. The predicted molar refractivity (Wildman–Crippen MR) is 105 cm³/mol. The molecule has 3 heterocycles. The molecule has 1 saturated heterocycles. The van der Waals surface area contributed by atoms with Gasteiger partial charge in [0.1, 0.15) is 5.82 Å². The first kappa shape index (κ1) is 16.8. The zero-order valence-electron chi connectivity index (χ0n) is 15.3. The van der Waals surface area contributed by atoms with E-state index in [-0.39, 0.29) is 11.5 Å². The Morgan fingerprint density at radius 1 is 1.19 bits per heavy atom. The van der Waals surface area contributed by atoms with Gasteiger partial charge in [0, 0.05) is 54.9 Å². The number of anilines is 1. The molecule has 1 aromatic carbocycles. The topological polar surface area (TPSA) is 58.2 Å². The maximum Gasteiger partial charge on any atom is 0.182 e. The molecular formula is C21H23N3O2. The van der Waals surface area contributed by atoms with Crippen LogP contribution in [0.1, 0.15) is 12.6 Å². The number of rotatable bonds is 3. The third-order valence-corrected chi connectivity index (χ3v) is 5.12. The highest BCUT2D eigenvalue weighted by molar-refractivity contribution is 5.89. The number of para-hydroxylation sites is 1. The van der Waals surface area contributed by atoms with Crippen LogP contribution in [0.2, 0.25) is 0 Å². The van der Waals surface area contributed by atoms with Crippen LogP contribution >= 0.6 is 0 Å². The first-order valence-corrected chi connectivity index (χ1v) is 8.94. The lowest BCUT2D eigenvalue weighted by Crippen LogP contribution is -2.24. The fraction of sp³-hybridized carbons (Fsp3) is 0.333. The average Bonchev–Trinajstić information content (AvgIpc) is 3.00. The Hall–Kier alpha value is -2.66. The molecule has 1 N–H and O–H groups in total. The highest BCUT2D eigenvalue weighted by Gasteiger charge is 2.32. The molecule has 0 radical (unpaired) electrons. The maximum atomic E-state index is 12.1. The molecule has 5 nitrogen and oxygen atoms in total. The van der Waals surface area contributed by atoms with Crippen molar-refractivity contribution in [3.8, 4) is 11.3 Å². The average molecular weight is 349 g/mol. The van der Waals surface area contributed by atoms with Crippen LogP contribution in [0.25, 0.3) is 22.2 Å². The summed E-state index contributed by atoms with van der Waals surface area (Å²) in [5, 5.41) is 1.06. The second-order valence-corrected chi connectivity index (χ2v) is 7.12. The van der Waals surface area contributed by atoms with E-state index in [9.17, 15) is 4.79 Å². The van der Waals surface area contributed by atoms with Crippen LogP contribution in [-0.2, 0) is 4.74 Å². The van der Waals surface area contributed by atoms with Crippen molar-refractivity contribution in [2.45, 2.75) is 20.0 Å². The van der Waals surface area contributed by atoms with E-state index in [2.05, 4.69) is 22.9 Å². The quantitative estimate of drug-likeness (QED) is 0.788. The SMILES string of the molecule is COC1CN(c2nc3ccccc3cc2-c2cc(=O)cc(C)[nH]2)CC1C. The second-order valence-electron chi connectivity index (χ2n) is 7.12. The molecule has 0 amide bonds. The number of nitrogens with one attached hydrogen (secondary N) is 1. The standard InChI is InChI=1S/C21H23N3O2/c1-13-11-24(12-20(13)26-3)21-17(19-10-16(25)8-14(2)22-19)9-15-6-4-5-7-18(15)23-21/h4-10,13,20H,11-12H2,1-3H3,(H,22,25). The Labute approximate surface area is 152 Å². The molecule has 0 spiro atoms. The third kappa shape index (κ3) is 2.99. The summed E-state index contributed by atoms with van der Waals surface area (Å²) in [5.74, 6) is 1.33. The second kappa shape index (κ2) is 6.57. The Bertz CT molecular complexity index is 1010. The minimum absolute atomic E-state index is 0.0000772. The molecular weight excluding hydrogens is 326 g/mol. The van der Waals surface area contributed by atoms with Gasteiger partial charge in [0.05, 0.1) is 17.3 Å². The molecule has 2 atom stereocenters. The number of pyridine rings is 2. The molecule has 134 valence electrons. The summed E-state index contributed by atoms with van der Waals surface area (Å²) in [7, 11) is 1.76. The fourth-order valence-corrected chi connectivity index (χ4v) is 3.79. The van der Waals surface area contributed by atoms with E-state index < -0.39 is 0 Å². The van der Waals surface area contributed by atoms with Gasteiger partial charge in [-0.05, 0) is 19.1 Å². The lowest BCUT2D eigenvalue weighted by molar-refractivity contribution is 0.0899. The molecule has 4 rings (SSSR count). The van der Waals surface area contributed by atoms with Crippen molar-refractivity contribution in [2.24, 2.45) is 5.92 Å². The number of aryl methyl sites for hydroxylation is 1. The number of fused-ring (bicyclic) bond motifs is 1. The molecule has 3 aromatic rings. The third-order valence-electron chi connectivity index (χ3n) is 5.12. The van der Waals surface area contributed by atoms with E-state index in [0.717, 1.165) is 46.8 Å². The van der Waals surface area contributed by atoms with Gasteiger partial charge in [-0.15, -0.1) is 0 Å². The summed E-state index contributed by atoms with van der Waals surface area (Å²) in [5.41, 5.74) is 3.55. The van der Waals surface area contributed by atoms with Crippen LogP contribution in [-0.4, -0.2) is 36.3 Å². The number of hydrogen-bond acceptors (Lipinski definition) is 4. The van der Waals surface area contributed by atoms with Crippen LogP contribution in [0.3, 0.4) is 0 Å². The van der Waals surface area contributed by atoms with Gasteiger partial charge in [-0.25, -0.2) is 4.98 Å². The van der Waals surface area contributed by atoms with Gasteiger partial charge < -0.3 is 14.6 Å². The smallest absolute Gasteiger partial charge is 0.182 e. The van der Waals surface area contributed by atoms with E-state index >= 15 is 0 Å². The van der Waals surface area contributed by atoms with E-state index in [1.807, 2.05) is 31.2 Å². The molecule has 0 aliphatic carbocycles. The number of H-pyrrole nitrogens is 1. The van der Waals surface area contributed by atoms with Crippen molar-refractivity contribution in [1.29, 1.82) is 0 Å². The predicted octanol–water partition coefficient (Wildman–Crippen LogP) is 3.37. The Balaban J connectivity index is 1.91. The highest BCUT2D eigenvalue weighted by Crippen LogP contribution is 2.34. The van der Waals surface area contributed by atoms with Crippen LogP contribution < -0.4 is 10.3 Å². The van der Waals surface area contributed by atoms with E-state index in [0.29, 0.717) is 5.92 Å². The molecule has 1 fully saturated rings. The Kier molecular flexibility index (Phi) is 4.24. The number of methoxy groups -OCH3 is 1. The summed E-state index contributed by atoms with van der Waals surface area (Å²) >= 11 is 0. The summed E-state index contributed by atoms with van der Waals surface area (Å²) in [6.45, 7) is 5.78. The van der Waals surface area contributed by atoms with Crippen molar-refractivity contribution in [3.63, 3.8) is 0 Å². The number of hydrogen-bond donors (Lipinski definition) is 1. The molecule has 2 aromatic heterocycles. The monoisotopic (exact) mass is 349 g/mol. The highest BCUT2D eigenvalue weighted by atomic mass is 16.5. The van der Waals surface area contributed by atoms with E-state index in [1.54, 1.807) is 19.2 Å². The lowest BCUT2D eigenvalue weighted by atomic mass is 10.1. The van der Waals surface area contributed by atoms with Crippen LogP contribution in [0.5, 0.6) is 0 Å². The van der Waals surface area contributed by atoms with Crippen LogP contribution in [0.4, 0.5) is 5.82 Å². The van der Waals surface area contributed by atoms with E-state index in [1.165, 1.54) is 0 Å². The van der Waals surface area contributed by atoms with Crippen molar-refractivity contribution in [2.75, 3.05) is 25.1 Å². The molecule has 2 unspecified atom stereocenters. The molecule has 0 saturated carbocycles. The summed E-state index contributed by atoms with van der Waals surface area (Å²) in [6, 6.07) is 13.4. The van der Waals surface area contributed by atoms with E-state index in [4.69, 9.17) is 9.72 Å². The molecule has 1 aliphatic rings. The largest absolute Gasteiger partial charge is 0.379 e. The summed E-state index contributed by atoms with van der Waals surface area (Å²) in [4.78, 5) is 22.6. The van der Waals surface area contributed by atoms with Gasteiger partial charge in [-0.1, -0.05) is 25.1 Å². The maximum absolute atomic E-state index is 12.1. The molecule has 26 heavy (non-hydrogen) atoms. The van der Waals surface area contributed by atoms with Gasteiger partial charge >= 0.3 is 0 Å². The lowest BCUT2D eigenvalue weighted by Gasteiger charge is -2.21. The van der Waals surface area contributed by atoms with Crippen molar-refractivity contribution in [3.05, 3.63) is 58.4 Å². The van der Waals surface area contributed by atoms with Crippen molar-refractivity contribution >= 4 is 16.7 Å². The summed E-state index contributed by atoms with van der Waals surface area (Å²) in [6.07, 6.45) is 0.188. The van der Waals surface area contributed by atoms with Gasteiger partial charge in [0.2, 0.25) is 0 Å². The number of benzene rings is 1. The number of aromatic nitrogens is 2. The molecule has 1 aliphatic heterocycles. The summed E-state index contributed by atoms with van der Waals surface area (Å²) < 4.78 is 5.62. The Morgan fingerprint density at radius 2 is 2.00 bits per heavy atom. The zero-order valence-corrected chi connectivity index (χ0v) is 15.3. The van der Waals surface area contributed by atoms with Gasteiger partial charge in [-0.3, -0.25) is 4.79 Å². The van der Waals surface area contributed by atoms with Crippen molar-refractivity contribution in [1.82, 2.24) is 9.97 Å². The Morgan fingerprint density at radius 3 is 2.73 bits per heavy atom. The van der Waals surface area contributed by atoms with Crippen LogP contribution in [0, 0.1) is 12.8 Å². The van der Waals surface area contributed by atoms with Crippen molar-refractivity contribution < 1.29 is 4.74 Å². The van der Waals surface area contributed by atoms with Crippen LogP contribution in [0.15, 0.2) is 47.3 Å². The zero-order chi connectivity index (χ0) is 18.3. The number of aromatic amines is 1. The normalized spacial score (nSPS) is 20.0. The minimum Gasteiger partial charge on any atom is -0.379 e. The number of nitrogens with zero attached hydrogens (tertiary/aromatic N) is 2. The van der Waals surface area contributed by atoms with Gasteiger partial charge in [-0.2, -0.15) is 0 Å².